The van der Waals surface area contributed by atoms with Gasteiger partial charge < -0.3 is 10.1 Å². The van der Waals surface area contributed by atoms with Crippen molar-refractivity contribution >= 4 is 5.95 Å². The zero-order chi connectivity index (χ0) is 14.1. The van der Waals surface area contributed by atoms with E-state index in [1.807, 2.05) is 19.9 Å². The second kappa shape index (κ2) is 8.73. The van der Waals surface area contributed by atoms with Gasteiger partial charge in [-0.3, -0.25) is 0 Å². The third-order valence-electron chi connectivity index (χ3n) is 3.18. The number of anilines is 1. The first-order valence-corrected chi connectivity index (χ1v) is 7.41. The van der Waals surface area contributed by atoms with Gasteiger partial charge in [0.25, 0.3) is 0 Å². The topological polar surface area (TPSA) is 47.0 Å². The van der Waals surface area contributed by atoms with Crippen LogP contribution >= 0.6 is 0 Å². The Balaban J connectivity index is 2.55. The van der Waals surface area contributed by atoms with E-state index in [9.17, 15) is 0 Å². The number of aromatic nitrogens is 2. The summed E-state index contributed by atoms with van der Waals surface area (Å²) in [6, 6.07) is 1.90. The van der Waals surface area contributed by atoms with Crippen LogP contribution in [0, 0.1) is 12.8 Å². The summed E-state index contributed by atoms with van der Waals surface area (Å²) in [5.74, 6) is 1.95. The molecule has 0 aliphatic rings. The standard InChI is InChI=1S/C15H27N3O/c1-5-8-9-13(6-2)11-19-14-10-12(4)17-15(18-14)16-7-3/h10,13H,5-9,11H2,1-4H3,(H,16,17,18). The Kier molecular flexibility index (Phi) is 7.23. The monoisotopic (exact) mass is 265 g/mol. The van der Waals surface area contributed by atoms with Gasteiger partial charge in [0.05, 0.1) is 6.61 Å². The maximum absolute atomic E-state index is 5.83. The smallest absolute Gasteiger partial charge is 0.226 e. The lowest BCUT2D eigenvalue weighted by atomic mass is 10.0. The van der Waals surface area contributed by atoms with E-state index >= 15 is 0 Å². The van der Waals surface area contributed by atoms with Crippen LogP contribution in [0.15, 0.2) is 6.07 Å². The highest BCUT2D eigenvalue weighted by molar-refractivity contribution is 5.30. The van der Waals surface area contributed by atoms with Crippen LogP contribution in [0.2, 0.25) is 0 Å². The Hall–Kier alpha value is -1.32. The number of aryl methyl sites for hydroxylation is 1. The lowest BCUT2D eigenvalue weighted by Crippen LogP contribution is -2.13. The number of ether oxygens (including phenoxy) is 1. The normalized spacial score (nSPS) is 12.2. The molecule has 4 nitrogen and oxygen atoms in total. The van der Waals surface area contributed by atoms with Gasteiger partial charge in [0.2, 0.25) is 11.8 Å². The summed E-state index contributed by atoms with van der Waals surface area (Å²) >= 11 is 0. The van der Waals surface area contributed by atoms with Crippen molar-refractivity contribution in [3.63, 3.8) is 0 Å². The molecule has 0 amide bonds. The van der Waals surface area contributed by atoms with E-state index in [1.54, 1.807) is 0 Å². The van der Waals surface area contributed by atoms with E-state index in [0.29, 0.717) is 17.7 Å². The molecule has 0 bridgehead atoms. The van der Waals surface area contributed by atoms with Crippen LogP contribution < -0.4 is 10.1 Å². The maximum atomic E-state index is 5.83. The van der Waals surface area contributed by atoms with Gasteiger partial charge >= 0.3 is 0 Å². The van der Waals surface area contributed by atoms with Crippen molar-refractivity contribution in [1.29, 1.82) is 0 Å². The minimum atomic E-state index is 0.623. The number of nitrogens with one attached hydrogen (secondary N) is 1. The predicted octanol–water partition coefficient (Wildman–Crippen LogP) is 3.81. The highest BCUT2D eigenvalue weighted by atomic mass is 16.5. The highest BCUT2D eigenvalue weighted by Crippen LogP contribution is 2.17. The molecule has 0 saturated carbocycles. The third kappa shape index (κ3) is 5.90. The molecule has 1 heterocycles. The molecule has 0 radical (unpaired) electrons. The van der Waals surface area contributed by atoms with Crippen LogP contribution in [0.25, 0.3) is 0 Å². The molecule has 0 saturated heterocycles. The molecule has 1 aromatic rings. The number of unbranched alkanes of at least 4 members (excludes halogenated alkanes) is 1. The molecular weight excluding hydrogens is 238 g/mol. The number of nitrogens with zero attached hydrogens (tertiary/aromatic N) is 2. The van der Waals surface area contributed by atoms with Crippen LogP contribution in [0.5, 0.6) is 5.88 Å². The Bertz CT molecular complexity index is 368. The fourth-order valence-electron chi connectivity index (χ4n) is 1.95. The van der Waals surface area contributed by atoms with Gasteiger partial charge in [0.15, 0.2) is 0 Å². The summed E-state index contributed by atoms with van der Waals surface area (Å²) in [5, 5.41) is 3.12. The van der Waals surface area contributed by atoms with Crippen molar-refractivity contribution in [2.24, 2.45) is 5.92 Å². The first-order chi connectivity index (χ1) is 9.19. The first kappa shape index (κ1) is 15.7. The maximum Gasteiger partial charge on any atom is 0.226 e. The van der Waals surface area contributed by atoms with Crippen LogP contribution in [-0.2, 0) is 0 Å². The molecular formula is C15H27N3O. The fraction of sp³-hybridized carbons (Fsp3) is 0.733. The number of rotatable bonds is 9. The summed E-state index contributed by atoms with van der Waals surface area (Å²) in [4.78, 5) is 8.68. The van der Waals surface area contributed by atoms with Crippen molar-refractivity contribution in [2.45, 2.75) is 53.4 Å². The molecule has 0 spiro atoms. The average Bonchev–Trinajstić information content (AvgIpc) is 2.39. The van der Waals surface area contributed by atoms with Gasteiger partial charge in [0, 0.05) is 18.3 Å². The Morgan fingerprint density at radius 2 is 2.05 bits per heavy atom. The van der Waals surface area contributed by atoms with Gasteiger partial charge in [-0.25, -0.2) is 4.98 Å². The van der Waals surface area contributed by atoms with Gasteiger partial charge in [-0.05, 0) is 26.2 Å². The average molecular weight is 265 g/mol. The second-order valence-corrected chi connectivity index (χ2v) is 4.93. The van der Waals surface area contributed by atoms with Gasteiger partial charge in [0.1, 0.15) is 0 Å². The molecule has 1 rings (SSSR count). The van der Waals surface area contributed by atoms with Gasteiger partial charge in [-0.15, -0.1) is 0 Å². The molecule has 1 atom stereocenters. The van der Waals surface area contributed by atoms with Crippen LogP contribution in [0.1, 0.15) is 52.1 Å². The fourth-order valence-corrected chi connectivity index (χ4v) is 1.95. The van der Waals surface area contributed by atoms with Crippen LogP contribution in [0.4, 0.5) is 5.95 Å². The minimum absolute atomic E-state index is 0.623. The summed E-state index contributed by atoms with van der Waals surface area (Å²) in [6.45, 7) is 10.0. The minimum Gasteiger partial charge on any atom is -0.477 e. The first-order valence-electron chi connectivity index (χ1n) is 7.41. The summed E-state index contributed by atoms with van der Waals surface area (Å²) < 4.78 is 5.83. The third-order valence-corrected chi connectivity index (χ3v) is 3.18. The second-order valence-electron chi connectivity index (χ2n) is 4.93. The van der Waals surface area contributed by atoms with Crippen LogP contribution in [0.3, 0.4) is 0 Å². The Morgan fingerprint density at radius 1 is 1.26 bits per heavy atom. The highest BCUT2D eigenvalue weighted by Gasteiger charge is 2.08. The lowest BCUT2D eigenvalue weighted by molar-refractivity contribution is 0.225. The van der Waals surface area contributed by atoms with Crippen molar-refractivity contribution < 1.29 is 4.74 Å². The van der Waals surface area contributed by atoms with E-state index in [2.05, 4.69) is 29.1 Å². The van der Waals surface area contributed by atoms with Crippen molar-refractivity contribution in [3.05, 3.63) is 11.8 Å². The quantitative estimate of drug-likeness (QED) is 0.737. The molecule has 0 aliphatic heterocycles. The van der Waals surface area contributed by atoms with Gasteiger partial charge in [-0.1, -0.05) is 33.1 Å². The Morgan fingerprint density at radius 3 is 2.68 bits per heavy atom. The molecule has 108 valence electrons. The SMILES string of the molecule is CCCCC(CC)COc1cc(C)nc(NCC)n1. The predicted molar refractivity (Wildman–Crippen MR) is 79.7 cm³/mol. The summed E-state index contributed by atoms with van der Waals surface area (Å²) in [7, 11) is 0. The molecule has 1 aromatic heterocycles. The summed E-state index contributed by atoms with van der Waals surface area (Å²) in [6.07, 6.45) is 4.91. The summed E-state index contributed by atoms with van der Waals surface area (Å²) in [5.41, 5.74) is 0.933. The Labute approximate surface area is 117 Å². The molecule has 1 unspecified atom stereocenters. The zero-order valence-electron chi connectivity index (χ0n) is 12.7. The van der Waals surface area contributed by atoms with E-state index in [-0.39, 0.29) is 0 Å². The largest absolute Gasteiger partial charge is 0.477 e. The van der Waals surface area contributed by atoms with Crippen molar-refractivity contribution in [1.82, 2.24) is 9.97 Å². The lowest BCUT2D eigenvalue weighted by Gasteiger charge is -2.15. The molecule has 0 aliphatic carbocycles. The van der Waals surface area contributed by atoms with Crippen LogP contribution in [-0.4, -0.2) is 23.1 Å². The van der Waals surface area contributed by atoms with E-state index < -0.39 is 0 Å². The zero-order valence-corrected chi connectivity index (χ0v) is 12.7. The number of hydrogen-bond acceptors (Lipinski definition) is 4. The molecule has 1 N–H and O–H groups in total. The van der Waals surface area contributed by atoms with E-state index in [0.717, 1.165) is 25.3 Å². The van der Waals surface area contributed by atoms with E-state index in [4.69, 9.17) is 4.74 Å². The van der Waals surface area contributed by atoms with Gasteiger partial charge in [-0.2, -0.15) is 4.98 Å². The molecule has 0 fully saturated rings. The van der Waals surface area contributed by atoms with Crippen molar-refractivity contribution in [2.75, 3.05) is 18.5 Å². The van der Waals surface area contributed by atoms with Crippen molar-refractivity contribution in [3.8, 4) is 5.88 Å². The molecule has 4 heteroatoms. The molecule has 0 aromatic carbocycles. The molecule has 19 heavy (non-hydrogen) atoms. The number of hydrogen-bond donors (Lipinski definition) is 1. The van der Waals surface area contributed by atoms with E-state index in [1.165, 1.54) is 19.3 Å².